The van der Waals surface area contributed by atoms with Gasteiger partial charge >= 0.3 is 6.09 Å². The van der Waals surface area contributed by atoms with Crippen molar-refractivity contribution >= 4 is 45.1 Å². The van der Waals surface area contributed by atoms with E-state index >= 15 is 0 Å². The number of ether oxygens (including phenoxy) is 1. The summed E-state index contributed by atoms with van der Waals surface area (Å²) in [6.45, 7) is 0.232. The van der Waals surface area contributed by atoms with Crippen LogP contribution in [0.2, 0.25) is 5.02 Å². The number of amides is 1. The average molecular weight is 394 g/mol. The summed E-state index contributed by atoms with van der Waals surface area (Å²) in [7, 11) is 0. The van der Waals surface area contributed by atoms with E-state index in [-0.39, 0.29) is 12.6 Å². The molecule has 0 N–H and O–H groups in total. The molecule has 1 amide bonds. The fourth-order valence-electron chi connectivity index (χ4n) is 2.61. The van der Waals surface area contributed by atoms with Crippen LogP contribution in [0.4, 0.5) is 10.6 Å². The minimum absolute atomic E-state index is 0.232. The van der Waals surface area contributed by atoms with Crippen LogP contribution in [0, 0.1) is 0 Å². The zero-order valence-electron chi connectivity index (χ0n) is 11.7. The fourth-order valence-corrected chi connectivity index (χ4v) is 3.24. The van der Waals surface area contributed by atoms with Gasteiger partial charge in [-0.1, -0.05) is 29.8 Å². The first kappa shape index (κ1) is 14.5. The molecule has 1 aliphatic heterocycles. The van der Waals surface area contributed by atoms with Gasteiger partial charge in [-0.15, -0.1) is 0 Å². The number of carbonyl (C=O) groups is 1. The van der Waals surface area contributed by atoms with E-state index in [9.17, 15) is 4.79 Å². The molecule has 0 saturated carbocycles. The van der Waals surface area contributed by atoms with E-state index < -0.39 is 6.09 Å². The van der Waals surface area contributed by atoms with Crippen molar-refractivity contribution in [2.24, 2.45) is 0 Å². The molecule has 1 saturated heterocycles. The van der Waals surface area contributed by atoms with Crippen LogP contribution in [-0.4, -0.2) is 27.3 Å². The van der Waals surface area contributed by atoms with Crippen molar-refractivity contribution < 1.29 is 9.53 Å². The molecule has 1 atom stereocenters. The Kier molecular flexibility index (Phi) is 3.46. The van der Waals surface area contributed by atoms with Gasteiger partial charge in [0, 0.05) is 11.2 Å². The number of aromatic nitrogens is 3. The highest BCUT2D eigenvalue weighted by Crippen LogP contribution is 2.35. The Balaban J connectivity index is 1.81. The summed E-state index contributed by atoms with van der Waals surface area (Å²) in [5, 5.41) is 4.74. The second-order valence-electron chi connectivity index (χ2n) is 5.03. The highest BCUT2D eigenvalue weighted by Gasteiger charge is 2.37. The number of nitrogens with zero attached hydrogens (tertiary/aromatic N) is 4. The number of carbonyl (C=O) groups excluding carboxylic acids is 1. The zero-order chi connectivity index (χ0) is 16.0. The Morgan fingerprint density at radius 1 is 1.30 bits per heavy atom. The molecule has 3 heterocycles. The fraction of sp³-hybridized carbons (Fsp3) is 0.133. The van der Waals surface area contributed by atoms with Crippen LogP contribution in [0.3, 0.4) is 0 Å². The van der Waals surface area contributed by atoms with Gasteiger partial charge in [-0.25, -0.2) is 14.3 Å². The number of cyclic esters (lactones) is 1. The highest BCUT2D eigenvalue weighted by molar-refractivity contribution is 9.10. The number of anilines is 1. The van der Waals surface area contributed by atoms with Crippen molar-refractivity contribution in [1.82, 2.24) is 14.6 Å². The maximum absolute atomic E-state index is 12.2. The van der Waals surface area contributed by atoms with Gasteiger partial charge in [0.05, 0.1) is 10.7 Å². The molecule has 8 heteroatoms. The molecule has 6 nitrogen and oxygen atoms in total. The molecule has 0 radical (unpaired) electrons. The van der Waals surface area contributed by atoms with Gasteiger partial charge in [-0.05, 0) is 33.6 Å². The van der Waals surface area contributed by atoms with Gasteiger partial charge in [0.15, 0.2) is 5.65 Å². The summed E-state index contributed by atoms with van der Waals surface area (Å²) in [6, 6.07) is 8.82. The minimum Gasteiger partial charge on any atom is -0.447 e. The molecule has 1 unspecified atom stereocenters. The van der Waals surface area contributed by atoms with Gasteiger partial charge in [-0.3, -0.25) is 4.90 Å². The van der Waals surface area contributed by atoms with Gasteiger partial charge < -0.3 is 4.74 Å². The molecular formula is C15H10BrClN4O2. The predicted molar refractivity (Wildman–Crippen MR) is 88.7 cm³/mol. The summed E-state index contributed by atoms with van der Waals surface area (Å²) in [4.78, 5) is 18.2. The minimum atomic E-state index is -0.442. The van der Waals surface area contributed by atoms with Gasteiger partial charge in [0.1, 0.15) is 18.5 Å². The van der Waals surface area contributed by atoms with Crippen molar-refractivity contribution in [3.63, 3.8) is 0 Å². The van der Waals surface area contributed by atoms with E-state index in [0.29, 0.717) is 16.5 Å². The highest BCUT2D eigenvalue weighted by atomic mass is 79.9. The van der Waals surface area contributed by atoms with Crippen LogP contribution < -0.4 is 4.90 Å². The van der Waals surface area contributed by atoms with Gasteiger partial charge in [0.2, 0.25) is 0 Å². The molecule has 116 valence electrons. The number of benzene rings is 1. The van der Waals surface area contributed by atoms with Crippen LogP contribution in [0.25, 0.3) is 5.65 Å². The first-order valence-electron chi connectivity index (χ1n) is 6.85. The van der Waals surface area contributed by atoms with Crippen molar-refractivity contribution in [3.05, 3.63) is 57.8 Å². The van der Waals surface area contributed by atoms with Crippen LogP contribution >= 0.6 is 27.5 Å². The Hall–Kier alpha value is -2.12. The molecule has 1 fully saturated rings. The lowest BCUT2D eigenvalue weighted by Crippen LogP contribution is -2.28. The predicted octanol–water partition coefficient (Wildman–Crippen LogP) is 3.84. The average Bonchev–Trinajstić information content (AvgIpc) is 3.11. The van der Waals surface area contributed by atoms with E-state index in [2.05, 4.69) is 26.0 Å². The molecule has 0 bridgehead atoms. The molecule has 1 aliphatic rings. The molecule has 1 aromatic carbocycles. The van der Waals surface area contributed by atoms with Crippen molar-refractivity contribution in [3.8, 4) is 0 Å². The molecule has 0 aliphatic carbocycles. The molecule has 3 aromatic rings. The summed E-state index contributed by atoms with van der Waals surface area (Å²) >= 11 is 9.67. The van der Waals surface area contributed by atoms with Crippen LogP contribution in [0.5, 0.6) is 0 Å². The summed E-state index contributed by atoms with van der Waals surface area (Å²) in [5.74, 6) is 0.492. The summed E-state index contributed by atoms with van der Waals surface area (Å²) in [5.41, 5.74) is 1.45. The lowest BCUT2D eigenvalue weighted by molar-refractivity contribution is 0.179. The second-order valence-corrected chi connectivity index (χ2v) is 6.29. The lowest BCUT2D eigenvalue weighted by Gasteiger charge is -2.21. The summed E-state index contributed by atoms with van der Waals surface area (Å²) in [6.07, 6.45) is 2.96. The van der Waals surface area contributed by atoms with Crippen molar-refractivity contribution in [2.45, 2.75) is 6.04 Å². The summed E-state index contributed by atoms with van der Waals surface area (Å²) < 4.78 is 7.60. The Bertz CT molecular complexity index is 913. The SMILES string of the molecule is O=C1OCC(c2ccccc2Cl)N1c1ccn2ncc(Br)c2n1. The van der Waals surface area contributed by atoms with Crippen molar-refractivity contribution in [1.29, 1.82) is 0 Å². The smallest absolute Gasteiger partial charge is 0.416 e. The van der Waals surface area contributed by atoms with E-state index in [1.165, 1.54) is 4.90 Å². The van der Waals surface area contributed by atoms with Crippen LogP contribution in [0.1, 0.15) is 11.6 Å². The molecule has 23 heavy (non-hydrogen) atoms. The lowest BCUT2D eigenvalue weighted by atomic mass is 10.1. The van der Waals surface area contributed by atoms with E-state index in [1.54, 1.807) is 29.0 Å². The zero-order valence-corrected chi connectivity index (χ0v) is 14.0. The van der Waals surface area contributed by atoms with Crippen LogP contribution in [0.15, 0.2) is 47.2 Å². The quantitative estimate of drug-likeness (QED) is 0.664. The first-order valence-corrected chi connectivity index (χ1v) is 8.02. The van der Waals surface area contributed by atoms with Crippen LogP contribution in [-0.2, 0) is 4.74 Å². The Morgan fingerprint density at radius 3 is 2.96 bits per heavy atom. The van der Waals surface area contributed by atoms with Crippen molar-refractivity contribution in [2.75, 3.05) is 11.5 Å². The maximum Gasteiger partial charge on any atom is 0.416 e. The Labute approximate surface area is 144 Å². The molecule has 2 aromatic heterocycles. The van der Waals surface area contributed by atoms with Gasteiger partial charge in [-0.2, -0.15) is 5.10 Å². The van der Waals surface area contributed by atoms with Gasteiger partial charge in [0.25, 0.3) is 0 Å². The van der Waals surface area contributed by atoms with E-state index in [0.717, 1.165) is 10.0 Å². The maximum atomic E-state index is 12.2. The number of halogens is 2. The molecule has 4 rings (SSSR count). The third kappa shape index (κ3) is 2.36. The number of hydrogen-bond acceptors (Lipinski definition) is 4. The third-order valence-corrected chi connectivity index (χ3v) is 4.60. The van der Waals surface area contributed by atoms with E-state index in [1.807, 2.05) is 18.2 Å². The Morgan fingerprint density at radius 2 is 2.13 bits per heavy atom. The van der Waals surface area contributed by atoms with E-state index in [4.69, 9.17) is 16.3 Å². The number of rotatable bonds is 2. The number of fused-ring (bicyclic) bond motifs is 1. The first-order chi connectivity index (χ1) is 11.1. The normalized spacial score (nSPS) is 17.7. The monoisotopic (exact) mass is 392 g/mol. The standard InChI is InChI=1S/C15H10BrClN4O2/c16-10-7-18-20-6-5-13(19-14(10)20)21-12(8-23-15(21)22)9-3-1-2-4-11(9)17/h1-7,12H,8H2. The number of hydrogen-bond donors (Lipinski definition) is 0. The molecule has 0 spiro atoms. The molecular weight excluding hydrogens is 384 g/mol. The second kappa shape index (κ2) is 5.50. The topological polar surface area (TPSA) is 59.7 Å². The largest absolute Gasteiger partial charge is 0.447 e. The third-order valence-electron chi connectivity index (χ3n) is 3.70.